The Kier molecular flexibility index (Phi) is 6.54. The molecule has 3 aromatic carbocycles. The number of nitrogens with zero attached hydrogens (tertiary/aromatic N) is 2. The number of fused-ring (bicyclic) bond motifs is 1. The monoisotopic (exact) mass is 389 g/mol. The second-order valence-electron chi connectivity index (χ2n) is 5.71. The van der Waals surface area contributed by atoms with Crippen LogP contribution in [0.2, 0.25) is 5.28 Å². The largest absolute Gasteiger partial charge is 0.478 e. The van der Waals surface area contributed by atoms with Crippen molar-refractivity contribution in [2.75, 3.05) is 5.32 Å². The molecule has 5 nitrogen and oxygen atoms in total. The summed E-state index contributed by atoms with van der Waals surface area (Å²) in [6.07, 6.45) is 0. The third kappa shape index (κ3) is 5.28. The van der Waals surface area contributed by atoms with Crippen LogP contribution in [0.1, 0.15) is 15.9 Å². The van der Waals surface area contributed by atoms with E-state index in [4.69, 9.17) is 16.7 Å². The standard InChI is InChI=1S/C16H11ClN3O2.C6H5/c17-16-19-13-7-2-1-6-12(13)14(20-16)18-9-10-4-3-5-11(8-10)15(21)22;1-2-4-6-5-3-1/h1-4,6-8H,9H2,(H,21,22)(H,18,19,20);1-5H. The molecule has 0 aliphatic heterocycles. The zero-order valence-corrected chi connectivity index (χ0v) is 15.5. The Hall–Kier alpha value is -3.44. The highest BCUT2D eigenvalue weighted by Gasteiger charge is 2.07. The number of nitrogens with one attached hydrogen (secondary N) is 1. The maximum atomic E-state index is 11.0. The van der Waals surface area contributed by atoms with E-state index in [-0.39, 0.29) is 10.8 Å². The van der Waals surface area contributed by atoms with Gasteiger partial charge in [-0.15, -0.1) is 0 Å². The van der Waals surface area contributed by atoms with Crippen LogP contribution in [0.4, 0.5) is 5.82 Å². The fourth-order valence-corrected chi connectivity index (χ4v) is 2.63. The molecule has 0 saturated heterocycles. The first-order valence-electron chi connectivity index (χ1n) is 8.44. The van der Waals surface area contributed by atoms with Gasteiger partial charge in [-0.3, -0.25) is 0 Å². The molecule has 0 amide bonds. The predicted octanol–water partition coefficient (Wildman–Crippen LogP) is 4.88. The summed E-state index contributed by atoms with van der Waals surface area (Å²) in [7, 11) is 0. The molecule has 4 aromatic rings. The lowest BCUT2D eigenvalue weighted by molar-refractivity contribution is 0.0696. The quantitative estimate of drug-likeness (QED) is 0.486. The van der Waals surface area contributed by atoms with Crippen molar-refractivity contribution in [3.05, 3.63) is 101 Å². The molecule has 4 rings (SSSR count). The highest BCUT2D eigenvalue weighted by molar-refractivity contribution is 6.28. The second kappa shape index (κ2) is 9.48. The van der Waals surface area contributed by atoms with Crippen LogP contribution >= 0.6 is 11.6 Å². The summed E-state index contributed by atoms with van der Waals surface area (Å²) in [4.78, 5) is 19.3. The number of aromatic nitrogens is 2. The molecule has 0 saturated carbocycles. The van der Waals surface area contributed by atoms with E-state index in [0.717, 1.165) is 16.5 Å². The number of carbonyl (C=O) groups is 1. The van der Waals surface area contributed by atoms with E-state index in [1.54, 1.807) is 18.2 Å². The fraction of sp³-hybridized carbons (Fsp3) is 0.0455. The number of carboxylic acids is 1. The number of rotatable bonds is 4. The number of carboxylic acid groups (broad SMARTS) is 1. The third-order valence-electron chi connectivity index (χ3n) is 3.74. The van der Waals surface area contributed by atoms with Crippen molar-refractivity contribution >= 4 is 34.3 Å². The minimum absolute atomic E-state index is 0.130. The Morgan fingerprint density at radius 1 is 1.04 bits per heavy atom. The first kappa shape index (κ1) is 19.3. The molecule has 138 valence electrons. The van der Waals surface area contributed by atoms with Gasteiger partial charge in [0.2, 0.25) is 5.28 Å². The molecular weight excluding hydrogens is 374 g/mol. The van der Waals surface area contributed by atoms with E-state index in [9.17, 15) is 4.79 Å². The Balaban J connectivity index is 0.000000320. The minimum Gasteiger partial charge on any atom is -0.478 e. The zero-order chi connectivity index (χ0) is 19.8. The first-order valence-corrected chi connectivity index (χ1v) is 8.82. The molecule has 0 spiro atoms. The summed E-state index contributed by atoms with van der Waals surface area (Å²) in [6, 6.07) is 27.6. The van der Waals surface area contributed by atoms with Crippen molar-refractivity contribution < 1.29 is 9.90 Å². The number of halogens is 1. The summed E-state index contributed by atoms with van der Waals surface area (Å²) < 4.78 is 0. The van der Waals surface area contributed by atoms with Crippen LogP contribution in [0.25, 0.3) is 10.9 Å². The number of aromatic carboxylic acids is 1. The maximum absolute atomic E-state index is 11.0. The van der Waals surface area contributed by atoms with Gasteiger partial charge in [-0.25, -0.2) is 14.8 Å². The maximum Gasteiger partial charge on any atom is 0.336 e. The SMILES string of the molecule is O=C(O)c1[c]ccc(CNc2nc(Cl)nc3ccccc23)c1.[c]1ccccc1. The van der Waals surface area contributed by atoms with Gasteiger partial charge in [0.25, 0.3) is 0 Å². The molecular formula is C22H16ClN3O2. The second-order valence-corrected chi connectivity index (χ2v) is 6.04. The normalized spacial score (nSPS) is 10.0. The van der Waals surface area contributed by atoms with Gasteiger partial charge in [0.05, 0.1) is 11.1 Å². The summed E-state index contributed by atoms with van der Waals surface area (Å²) in [5.41, 5.74) is 1.69. The van der Waals surface area contributed by atoms with E-state index in [2.05, 4.69) is 27.4 Å². The number of hydrogen-bond acceptors (Lipinski definition) is 4. The van der Waals surface area contributed by atoms with E-state index < -0.39 is 5.97 Å². The Morgan fingerprint density at radius 3 is 2.50 bits per heavy atom. The highest BCUT2D eigenvalue weighted by atomic mass is 35.5. The smallest absolute Gasteiger partial charge is 0.336 e. The number of benzene rings is 3. The van der Waals surface area contributed by atoms with Crippen LogP contribution in [0.15, 0.2) is 72.8 Å². The molecule has 0 unspecified atom stereocenters. The molecule has 1 aromatic heterocycles. The van der Waals surface area contributed by atoms with Crippen LogP contribution < -0.4 is 5.32 Å². The first-order chi connectivity index (χ1) is 13.6. The van der Waals surface area contributed by atoms with Gasteiger partial charge in [-0.1, -0.05) is 54.6 Å². The van der Waals surface area contributed by atoms with Gasteiger partial charge >= 0.3 is 5.97 Å². The molecule has 0 atom stereocenters. The van der Waals surface area contributed by atoms with E-state index in [1.807, 2.05) is 54.6 Å². The van der Waals surface area contributed by atoms with Crippen molar-refractivity contribution in [3.8, 4) is 0 Å². The third-order valence-corrected chi connectivity index (χ3v) is 3.91. The lowest BCUT2D eigenvalue weighted by Crippen LogP contribution is -2.05. The topological polar surface area (TPSA) is 75.1 Å². The van der Waals surface area contributed by atoms with Crippen molar-refractivity contribution in [3.63, 3.8) is 0 Å². The number of para-hydroxylation sites is 1. The summed E-state index contributed by atoms with van der Waals surface area (Å²) in [5, 5.41) is 13.2. The van der Waals surface area contributed by atoms with E-state index >= 15 is 0 Å². The van der Waals surface area contributed by atoms with Crippen LogP contribution in [0.5, 0.6) is 0 Å². The summed E-state index contributed by atoms with van der Waals surface area (Å²) >= 11 is 5.93. The number of anilines is 1. The van der Waals surface area contributed by atoms with Gasteiger partial charge in [0.15, 0.2) is 0 Å². The Bertz CT molecular complexity index is 1040. The van der Waals surface area contributed by atoms with Crippen molar-refractivity contribution in [2.24, 2.45) is 0 Å². The number of hydrogen-bond donors (Lipinski definition) is 2. The molecule has 0 bridgehead atoms. The van der Waals surface area contributed by atoms with Crippen LogP contribution in [0, 0.1) is 12.1 Å². The van der Waals surface area contributed by atoms with E-state index in [1.165, 1.54) is 0 Å². The van der Waals surface area contributed by atoms with E-state index in [0.29, 0.717) is 12.4 Å². The van der Waals surface area contributed by atoms with Crippen LogP contribution in [-0.4, -0.2) is 21.0 Å². The van der Waals surface area contributed by atoms with Crippen molar-refractivity contribution in [2.45, 2.75) is 6.54 Å². The summed E-state index contributed by atoms with van der Waals surface area (Å²) in [5.74, 6) is -0.391. The minimum atomic E-state index is -1.00. The average molecular weight is 390 g/mol. The summed E-state index contributed by atoms with van der Waals surface area (Å²) in [6.45, 7) is 0.423. The van der Waals surface area contributed by atoms with Gasteiger partial charge in [0, 0.05) is 11.9 Å². The van der Waals surface area contributed by atoms with Gasteiger partial charge < -0.3 is 10.4 Å². The molecule has 1 heterocycles. The van der Waals surface area contributed by atoms with Gasteiger partial charge in [-0.05, 0) is 47.5 Å². The van der Waals surface area contributed by atoms with Crippen LogP contribution in [-0.2, 0) is 6.54 Å². The van der Waals surface area contributed by atoms with Crippen LogP contribution in [0.3, 0.4) is 0 Å². The molecule has 28 heavy (non-hydrogen) atoms. The lowest BCUT2D eigenvalue weighted by Gasteiger charge is -2.09. The van der Waals surface area contributed by atoms with Gasteiger partial charge in [-0.2, -0.15) is 0 Å². The lowest BCUT2D eigenvalue weighted by atomic mass is 10.1. The molecule has 2 radical (unpaired) electrons. The predicted molar refractivity (Wildman–Crippen MR) is 109 cm³/mol. The zero-order valence-electron chi connectivity index (χ0n) is 14.8. The molecule has 2 N–H and O–H groups in total. The molecule has 0 fully saturated rings. The highest BCUT2D eigenvalue weighted by Crippen LogP contribution is 2.22. The van der Waals surface area contributed by atoms with Gasteiger partial charge in [0.1, 0.15) is 5.82 Å². The van der Waals surface area contributed by atoms with Crippen molar-refractivity contribution in [1.82, 2.24) is 9.97 Å². The fourth-order valence-electron chi connectivity index (χ4n) is 2.46. The average Bonchev–Trinajstić information content (AvgIpc) is 2.74. The Morgan fingerprint density at radius 2 is 1.82 bits per heavy atom. The van der Waals surface area contributed by atoms with Crippen molar-refractivity contribution in [1.29, 1.82) is 0 Å². The molecule has 6 heteroatoms. The molecule has 0 aliphatic carbocycles. The Labute approximate surface area is 167 Å². The molecule has 0 aliphatic rings.